The standard InChI is InChI=1S/C13H11FN4O/c1-7-10(6-16-17-7)12-11(13(15)19-18-12)8-2-4-9(14)5-3-8/h2-6H,15H2,1H3,(H,16,17). The van der Waals surface area contributed by atoms with Crippen molar-refractivity contribution in [1.29, 1.82) is 0 Å². The minimum absolute atomic E-state index is 0.196. The van der Waals surface area contributed by atoms with Gasteiger partial charge in [-0.25, -0.2) is 4.39 Å². The summed E-state index contributed by atoms with van der Waals surface area (Å²) >= 11 is 0. The molecular formula is C13H11FN4O. The van der Waals surface area contributed by atoms with Crippen LogP contribution in [0.4, 0.5) is 10.3 Å². The van der Waals surface area contributed by atoms with Crippen LogP contribution >= 0.6 is 0 Å². The van der Waals surface area contributed by atoms with Gasteiger partial charge in [-0.05, 0) is 24.6 Å². The van der Waals surface area contributed by atoms with Crippen LogP contribution < -0.4 is 5.73 Å². The Hall–Kier alpha value is -2.63. The first-order valence-electron chi connectivity index (χ1n) is 5.68. The number of hydrogen-bond donors (Lipinski definition) is 2. The van der Waals surface area contributed by atoms with E-state index in [2.05, 4.69) is 15.4 Å². The van der Waals surface area contributed by atoms with Crippen molar-refractivity contribution >= 4 is 5.88 Å². The van der Waals surface area contributed by atoms with Crippen molar-refractivity contribution < 1.29 is 8.91 Å². The molecule has 0 bridgehead atoms. The van der Waals surface area contributed by atoms with Gasteiger partial charge >= 0.3 is 0 Å². The molecule has 0 radical (unpaired) electrons. The SMILES string of the molecule is Cc1[nH]ncc1-c1noc(N)c1-c1ccc(F)cc1. The molecule has 3 rings (SSSR count). The molecule has 2 aromatic heterocycles. The summed E-state index contributed by atoms with van der Waals surface area (Å²) in [7, 11) is 0. The maximum Gasteiger partial charge on any atom is 0.230 e. The highest BCUT2D eigenvalue weighted by molar-refractivity contribution is 5.87. The maximum absolute atomic E-state index is 13.0. The highest BCUT2D eigenvalue weighted by atomic mass is 19.1. The first-order chi connectivity index (χ1) is 9.16. The molecule has 5 nitrogen and oxygen atoms in total. The van der Waals surface area contributed by atoms with Crippen molar-refractivity contribution in [2.45, 2.75) is 6.92 Å². The summed E-state index contributed by atoms with van der Waals surface area (Å²) in [6, 6.07) is 6.01. The molecule has 0 atom stereocenters. The predicted octanol–water partition coefficient (Wildman–Crippen LogP) is 2.76. The lowest BCUT2D eigenvalue weighted by Crippen LogP contribution is -1.88. The topological polar surface area (TPSA) is 80.7 Å². The van der Waals surface area contributed by atoms with E-state index >= 15 is 0 Å². The maximum atomic E-state index is 13.0. The van der Waals surface area contributed by atoms with E-state index in [0.29, 0.717) is 11.3 Å². The Labute approximate surface area is 108 Å². The van der Waals surface area contributed by atoms with Gasteiger partial charge in [0.05, 0.1) is 11.8 Å². The van der Waals surface area contributed by atoms with E-state index < -0.39 is 0 Å². The van der Waals surface area contributed by atoms with Crippen molar-refractivity contribution in [3.63, 3.8) is 0 Å². The van der Waals surface area contributed by atoms with Gasteiger partial charge in [0.25, 0.3) is 0 Å². The minimum atomic E-state index is -0.306. The molecule has 1 aromatic carbocycles. The van der Waals surface area contributed by atoms with E-state index in [1.807, 2.05) is 6.92 Å². The van der Waals surface area contributed by atoms with Gasteiger partial charge in [-0.3, -0.25) is 5.10 Å². The summed E-state index contributed by atoms with van der Waals surface area (Å²) in [5.41, 5.74) is 9.46. The summed E-state index contributed by atoms with van der Waals surface area (Å²) in [6.45, 7) is 1.88. The Morgan fingerprint density at radius 3 is 2.63 bits per heavy atom. The van der Waals surface area contributed by atoms with Gasteiger partial charge in [-0.2, -0.15) is 5.10 Å². The van der Waals surface area contributed by atoms with Crippen LogP contribution in [0.15, 0.2) is 35.0 Å². The Morgan fingerprint density at radius 1 is 1.26 bits per heavy atom. The van der Waals surface area contributed by atoms with Crippen molar-refractivity contribution in [1.82, 2.24) is 15.4 Å². The summed E-state index contributed by atoms with van der Waals surface area (Å²) in [5.74, 6) is -0.109. The van der Waals surface area contributed by atoms with E-state index in [0.717, 1.165) is 16.8 Å². The Kier molecular flexibility index (Phi) is 2.56. The molecular weight excluding hydrogens is 247 g/mol. The third-order valence-corrected chi connectivity index (χ3v) is 2.94. The quantitative estimate of drug-likeness (QED) is 0.740. The molecule has 0 aliphatic heterocycles. The summed E-state index contributed by atoms with van der Waals surface area (Å²) < 4.78 is 18.0. The Bertz CT molecular complexity index is 715. The smallest absolute Gasteiger partial charge is 0.230 e. The van der Waals surface area contributed by atoms with Crippen LogP contribution in [0.3, 0.4) is 0 Å². The molecule has 0 unspecified atom stereocenters. The van der Waals surface area contributed by atoms with Gasteiger partial charge < -0.3 is 10.3 Å². The molecule has 0 saturated heterocycles. The lowest BCUT2D eigenvalue weighted by atomic mass is 10.0. The molecule has 6 heteroatoms. The number of H-pyrrole nitrogens is 1. The third kappa shape index (κ3) is 1.87. The zero-order valence-electron chi connectivity index (χ0n) is 10.1. The number of nitrogens with zero attached hydrogens (tertiary/aromatic N) is 2. The fraction of sp³-hybridized carbons (Fsp3) is 0.0769. The number of nitrogens with one attached hydrogen (secondary N) is 1. The van der Waals surface area contributed by atoms with Crippen LogP contribution in [0, 0.1) is 12.7 Å². The molecule has 96 valence electrons. The van der Waals surface area contributed by atoms with Gasteiger partial charge in [0, 0.05) is 11.3 Å². The fourth-order valence-electron chi connectivity index (χ4n) is 1.97. The zero-order valence-corrected chi connectivity index (χ0v) is 10.1. The number of benzene rings is 1. The second-order valence-electron chi connectivity index (χ2n) is 4.19. The van der Waals surface area contributed by atoms with Crippen molar-refractivity contribution in [2.75, 3.05) is 5.73 Å². The highest BCUT2D eigenvalue weighted by Gasteiger charge is 2.19. The number of anilines is 1. The van der Waals surface area contributed by atoms with Crippen molar-refractivity contribution in [3.8, 4) is 22.4 Å². The first-order valence-corrected chi connectivity index (χ1v) is 5.68. The summed E-state index contributed by atoms with van der Waals surface area (Å²) in [5, 5.41) is 10.7. The summed E-state index contributed by atoms with van der Waals surface area (Å²) in [4.78, 5) is 0. The third-order valence-electron chi connectivity index (χ3n) is 2.94. The molecule has 0 spiro atoms. The minimum Gasteiger partial charge on any atom is -0.367 e. The predicted molar refractivity (Wildman–Crippen MR) is 68.6 cm³/mol. The van der Waals surface area contributed by atoms with E-state index in [9.17, 15) is 4.39 Å². The second kappa shape index (κ2) is 4.24. The number of aryl methyl sites for hydroxylation is 1. The second-order valence-corrected chi connectivity index (χ2v) is 4.19. The molecule has 0 amide bonds. The number of hydrogen-bond acceptors (Lipinski definition) is 4. The lowest BCUT2D eigenvalue weighted by Gasteiger charge is -2.01. The number of halogens is 1. The van der Waals surface area contributed by atoms with Crippen molar-refractivity contribution in [3.05, 3.63) is 42.0 Å². The van der Waals surface area contributed by atoms with Crippen LogP contribution in [-0.2, 0) is 0 Å². The van der Waals surface area contributed by atoms with E-state index in [-0.39, 0.29) is 11.7 Å². The Morgan fingerprint density at radius 2 is 2.00 bits per heavy atom. The average molecular weight is 258 g/mol. The number of rotatable bonds is 2. The molecule has 19 heavy (non-hydrogen) atoms. The van der Waals surface area contributed by atoms with Gasteiger partial charge in [0.15, 0.2) is 0 Å². The monoisotopic (exact) mass is 258 g/mol. The largest absolute Gasteiger partial charge is 0.367 e. The summed E-state index contributed by atoms with van der Waals surface area (Å²) in [6.07, 6.45) is 1.65. The zero-order chi connectivity index (χ0) is 13.4. The van der Waals surface area contributed by atoms with Crippen LogP contribution in [-0.4, -0.2) is 15.4 Å². The molecule has 3 N–H and O–H groups in total. The van der Waals surface area contributed by atoms with Crippen LogP contribution in [0.2, 0.25) is 0 Å². The number of nitrogens with two attached hydrogens (primary N) is 1. The average Bonchev–Trinajstić information content (AvgIpc) is 2.97. The van der Waals surface area contributed by atoms with Gasteiger partial charge in [-0.15, -0.1) is 0 Å². The lowest BCUT2D eigenvalue weighted by molar-refractivity contribution is 0.439. The highest BCUT2D eigenvalue weighted by Crippen LogP contribution is 2.36. The van der Waals surface area contributed by atoms with Crippen molar-refractivity contribution in [2.24, 2.45) is 0 Å². The van der Waals surface area contributed by atoms with Gasteiger partial charge in [-0.1, -0.05) is 17.3 Å². The number of aromatic amines is 1. The van der Waals surface area contributed by atoms with Crippen LogP contribution in [0.1, 0.15) is 5.69 Å². The molecule has 3 aromatic rings. The van der Waals surface area contributed by atoms with E-state index in [1.54, 1.807) is 18.3 Å². The van der Waals surface area contributed by atoms with Gasteiger partial charge in [0.1, 0.15) is 11.5 Å². The molecule has 0 aliphatic carbocycles. The fourth-order valence-corrected chi connectivity index (χ4v) is 1.97. The van der Waals surface area contributed by atoms with Crippen LogP contribution in [0.5, 0.6) is 0 Å². The molecule has 0 aliphatic rings. The molecule has 0 fully saturated rings. The van der Waals surface area contributed by atoms with E-state index in [4.69, 9.17) is 10.3 Å². The van der Waals surface area contributed by atoms with E-state index in [1.165, 1.54) is 12.1 Å². The first kappa shape index (κ1) is 11.5. The molecule has 2 heterocycles. The number of aromatic nitrogens is 3. The normalized spacial score (nSPS) is 10.8. The van der Waals surface area contributed by atoms with Gasteiger partial charge in [0.2, 0.25) is 5.88 Å². The molecule has 0 saturated carbocycles. The Balaban J connectivity index is 2.19. The number of nitrogen functional groups attached to an aromatic ring is 1. The van der Waals surface area contributed by atoms with Crippen LogP contribution in [0.25, 0.3) is 22.4 Å².